The third-order valence-corrected chi connectivity index (χ3v) is 3.58. The number of ether oxygens (including phenoxy) is 1. The van der Waals surface area contributed by atoms with Gasteiger partial charge in [0.05, 0.1) is 7.11 Å². The smallest absolute Gasteiger partial charge is 0.178 e. The van der Waals surface area contributed by atoms with E-state index < -0.39 is 0 Å². The van der Waals surface area contributed by atoms with Crippen LogP contribution in [0.15, 0.2) is 48.6 Å². The van der Waals surface area contributed by atoms with E-state index in [2.05, 4.69) is 0 Å². The van der Waals surface area contributed by atoms with Crippen LogP contribution < -0.4 is 4.74 Å². The van der Waals surface area contributed by atoms with E-state index in [1.807, 2.05) is 32.0 Å². The summed E-state index contributed by atoms with van der Waals surface area (Å²) in [7, 11) is 1.63. The number of phenols is 1. The molecule has 0 saturated carbocycles. The van der Waals surface area contributed by atoms with Crippen LogP contribution in [0.25, 0.3) is 12.2 Å². The van der Waals surface area contributed by atoms with Crippen LogP contribution in [-0.4, -0.2) is 18.0 Å². The lowest BCUT2D eigenvalue weighted by atomic mass is 10.1. The van der Waals surface area contributed by atoms with E-state index in [1.165, 1.54) is 6.08 Å². The second-order valence-corrected chi connectivity index (χ2v) is 5.33. The summed E-state index contributed by atoms with van der Waals surface area (Å²) >= 11 is 0. The highest BCUT2D eigenvalue weighted by Gasteiger charge is 1.99. The number of methoxy groups -OCH3 is 1. The van der Waals surface area contributed by atoms with Gasteiger partial charge in [0.2, 0.25) is 0 Å². The lowest BCUT2D eigenvalue weighted by Crippen LogP contribution is -1.89. The molecule has 118 valence electrons. The van der Waals surface area contributed by atoms with Gasteiger partial charge in [-0.25, -0.2) is 0 Å². The number of hydrogen-bond acceptors (Lipinski definition) is 3. The van der Waals surface area contributed by atoms with Gasteiger partial charge < -0.3 is 9.84 Å². The highest BCUT2D eigenvalue weighted by atomic mass is 16.5. The molecule has 0 unspecified atom stereocenters. The first-order valence-electron chi connectivity index (χ1n) is 7.34. The van der Waals surface area contributed by atoms with E-state index in [0.717, 1.165) is 28.0 Å². The summed E-state index contributed by atoms with van der Waals surface area (Å²) in [5.41, 5.74) is 3.86. The van der Waals surface area contributed by atoms with Gasteiger partial charge in [0, 0.05) is 0 Å². The monoisotopic (exact) mass is 308 g/mol. The van der Waals surface area contributed by atoms with E-state index in [1.54, 1.807) is 43.5 Å². The highest BCUT2D eigenvalue weighted by Crippen LogP contribution is 2.18. The van der Waals surface area contributed by atoms with E-state index in [-0.39, 0.29) is 11.5 Å². The van der Waals surface area contributed by atoms with Crippen molar-refractivity contribution in [1.82, 2.24) is 0 Å². The number of benzene rings is 2. The summed E-state index contributed by atoms with van der Waals surface area (Å²) in [6, 6.07) is 10.8. The SMILES string of the molecule is COc1ccc(C=CC(=O)C=Cc2ccc(O)cc2C)c(C)c1. The van der Waals surface area contributed by atoms with Gasteiger partial charge in [0.1, 0.15) is 11.5 Å². The molecule has 0 amide bonds. The number of carbonyl (C=O) groups excluding carboxylic acids is 1. The Morgan fingerprint density at radius 1 is 0.957 bits per heavy atom. The van der Waals surface area contributed by atoms with Crippen LogP contribution in [0.3, 0.4) is 0 Å². The predicted molar refractivity (Wildman–Crippen MR) is 93.6 cm³/mol. The number of carbonyl (C=O) groups is 1. The molecule has 0 bridgehead atoms. The number of allylic oxidation sites excluding steroid dienone is 2. The van der Waals surface area contributed by atoms with E-state index in [9.17, 15) is 9.90 Å². The molecule has 0 atom stereocenters. The molecule has 0 aliphatic heterocycles. The van der Waals surface area contributed by atoms with Gasteiger partial charge in [-0.05, 0) is 72.5 Å². The summed E-state index contributed by atoms with van der Waals surface area (Å²) in [5, 5.41) is 9.38. The summed E-state index contributed by atoms with van der Waals surface area (Å²) in [6.45, 7) is 3.86. The quantitative estimate of drug-likeness (QED) is 0.837. The zero-order chi connectivity index (χ0) is 16.8. The molecular weight excluding hydrogens is 288 g/mol. The first-order valence-corrected chi connectivity index (χ1v) is 7.34. The molecule has 1 N–H and O–H groups in total. The van der Waals surface area contributed by atoms with E-state index in [4.69, 9.17) is 4.74 Å². The van der Waals surface area contributed by atoms with Crippen molar-refractivity contribution in [2.75, 3.05) is 7.11 Å². The number of aromatic hydroxyl groups is 1. The Bertz CT molecular complexity index is 770. The van der Waals surface area contributed by atoms with Crippen molar-refractivity contribution >= 4 is 17.9 Å². The summed E-state index contributed by atoms with van der Waals surface area (Å²) in [5.74, 6) is 0.933. The summed E-state index contributed by atoms with van der Waals surface area (Å²) in [6.07, 6.45) is 6.61. The van der Waals surface area contributed by atoms with Crippen LogP contribution in [0, 0.1) is 13.8 Å². The number of hydrogen-bond donors (Lipinski definition) is 1. The van der Waals surface area contributed by atoms with Gasteiger partial charge >= 0.3 is 0 Å². The standard InChI is InChI=1S/C20H20O3/c1-14-12-19(22)10-6-16(14)4-8-18(21)9-5-17-7-11-20(23-3)13-15(17)2/h4-13,22H,1-3H3. The lowest BCUT2D eigenvalue weighted by molar-refractivity contribution is -0.110. The molecule has 0 aliphatic rings. The first kappa shape index (κ1) is 16.6. The maximum absolute atomic E-state index is 12.0. The van der Waals surface area contributed by atoms with Gasteiger partial charge in [-0.3, -0.25) is 4.79 Å². The molecule has 0 aromatic heterocycles. The minimum atomic E-state index is -0.0901. The van der Waals surface area contributed by atoms with Crippen LogP contribution in [0.2, 0.25) is 0 Å². The van der Waals surface area contributed by atoms with Crippen LogP contribution in [-0.2, 0) is 4.79 Å². The lowest BCUT2D eigenvalue weighted by Gasteiger charge is -2.03. The highest BCUT2D eigenvalue weighted by molar-refractivity contribution is 6.04. The fraction of sp³-hybridized carbons (Fsp3) is 0.150. The Morgan fingerprint density at radius 3 is 2.04 bits per heavy atom. The molecule has 23 heavy (non-hydrogen) atoms. The Hall–Kier alpha value is -2.81. The van der Waals surface area contributed by atoms with Crippen molar-refractivity contribution in [3.05, 3.63) is 70.8 Å². The summed E-state index contributed by atoms with van der Waals surface area (Å²) in [4.78, 5) is 12.0. The number of aryl methyl sites for hydroxylation is 2. The maximum atomic E-state index is 12.0. The van der Waals surface area contributed by atoms with Crippen molar-refractivity contribution in [3.63, 3.8) is 0 Å². The predicted octanol–water partition coefficient (Wildman–Crippen LogP) is 4.31. The Balaban J connectivity index is 2.08. The second kappa shape index (κ2) is 7.45. The minimum Gasteiger partial charge on any atom is -0.508 e. The molecule has 0 saturated heterocycles. The number of ketones is 1. The minimum absolute atomic E-state index is 0.0901. The average Bonchev–Trinajstić information content (AvgIpc) is 2.52. The van der Waals surface area contributed by atoms with E-state index in [0.29, 0.717) is 0 Å². The summed E-state index contributed by atoms with van der Waals surface area (Å²) < 4.78 is 5.16. The first-order chi connectivity index (χ1) is 11.0. The molecule has 2 aromatic rings. The number of phenolic OH excluding ortho intramolecular Hbond substituents is 1. The van der Waals surface area contributed by atoms with Crippen LogP contribution in [0.5, 0.6) is 11.5 Å². The third-order valence-electron chi connectivity index (χ3n) is 3.58. The molecule has 0 spiro atoms. The second-order valence-electron chi connectivity index (χ2n) is 5.33. The normalized spacial score (nSPS) is 11.3. The van der Waals surface area contributed by atoms with Crippen molar-refractivity contribution < 1.29 is 14.6 Å². The molecule has 3 heteroatoms. The van der Waals surface area contributed by atoms with Crippen LogP contribution >= 0.6 is 0 Å². The molecule has 0 radical (unpaired) electrons. The van der Waals surface area contributed by atoms with Crippen LogP contribution in [0.4, 0.5) is 0 Å². The Labute approximate surface area is 136 Å². The molecule has 0 heterocycles. The molecule has 0 fully saturated rings. The fourth-order valence-corrected chi connectivity index (χ4v) is 2.21. The molecule has 3 nitrogen and oxygen atoms in total. The zero-order valence-corrected chi connectivity index (χ0v) is 13.5. The van der Waals surface area contributed by atoms with Crippen molar-refractivity contribution in [1.29, 1.82) is 0 Å². The van der Waals surface area contributed by atoms with E-state index >= 15 is 0 Å². The van der Waals surface area contributed by atoms with Crippen molar-refractivity contribution in [2.24, 2.45) is 0 Å². The third kappa shape index (κ3) is 4.58. The molecular formula is C20H20O3. The Morgan fingerprint density at radius 2 is 1.52 bits per heavy atom. The zero-order valence-electron chi connectivity index (χ0n) is 13.5. The molecule has 2 rings (SSSR count). The van der Waals surface area contributed by atoms with Gasteiger partial charge in [-0.2, -0.15) is 0 Å². The average molecular weight is 308 g/mol. The van der Waals surface area contributed by atoms with Crippen LogP contribution in [0.1, 0.15) is 22.3 Å². The fourth-order valence-electron chi connectivity index (χ4n) is 2.21. The Kier molecular flexibility index (Phi) is 5.36. The van der Waals surface area contributed by atoms with Gasteiger partial charge in [0.25, 0.3) is 0 Å². The van der Waals surface area contributed by atoms with Crippen molar-refractivity contribution in [2.45, 2.75) is 13.8 Å². The number of rotatable bonds is 5. The topological polar surface area (TPSA) is 46.5 Å². The molecule has 2 aromatic carbocycles. The van der Waals surface area contributed by atoms with Crippen molar-refractivity contribution in [3.8, 4) is 11.5 Å². The van der Waals surface area contributed by atoms with Gasteiger partial charge in [-0.15, -0.1) is 0 Å². The van der Waals surface area contributed by atoms with Gasteiger partial charge in [0.15, 0.2) is 5.78 Å². The van der Waals surface area contributed by atoms with Gasteiger partial charge in [-0.1, -0.05) is 24.3 Å². The largest absolute Gasteiger partial charge is 0.508 e. The molecule has 0 aliphatic carbocycles. The maximum Gasteiger partial charge on any atom is 0.178 e.